The smallest absolute Gasteiger partial charge is 0.319 e. The lowest BCUT2D eigenvalue weighted by atomic mass is 9.81. The largest absolute Gasteiger partial charge is 0.465 e. The molecule has 2 aromatic heterocycles. The van der Waals surface area contributed by atoms with Gasteiger partial charge in [-0.1, -0.05) is 37.0 Å². The summed E-state index contributed by atoms with van der Waals surface area (Å²) < 4.78 is 7.11. The minimum Gasteiger partial charge on any atom is -0.465 e. The normalized spacial score (nSPS) is 18.6. The van der Waals surface area contributed by atoms with Gasteiger partial charge in [0.2, 0.25) is 4.96 Å². The zero-order valence-electron chi connectivity index (χ0n) is 12.5. The molecule has 1 aliphatic rings. The van der Waals surface area contributed by atoms with Gasteiger partial charge in [0.15, 0.2) is 5.82 Å². The molecule has 0 saturated heterocycles. The third kappa shape index (κ3) is 2.43. The van der Waals surface area contributed by atoms with Crippen molar-refractivity contribution in [1.82, 2.24) is 19.8 Å². The van der Waals surface area contributed by atoms with Gasteiger partial charge < -0.3 is 4.74 Å². The summed E-state index contributed by atoms with van der Waals surface area (Å²) in [4.78, 5) is 13.4. The Morgan fingerprint density at radius 3 is 2.62 bits per heavy atom. The van der Waals surface area contributed by atoms with Gasteiger partial charge in [0.05, 0.1) is 6.61 Å². The summed E-state index contributed by atoms with van der Waals surface area (Å²) in [5.74, 6) is 0.620. The zero-order chi connectivity index (χ0) is 14.9. The first kappa shape index (κ1) is 14.4. The molecule has 0 unspecified atom stereocenters. The Bertz CT molecular complexity index is 640. The average Bonchev–Trinajstić information content (AvgIpc) is 2.93. The lowest BCUT2D eigenvalue weighted by molar-refractivity contribution is -0.151. The number of hydrogen-bond acceptors (Lipinski definition) is 6. The fourth-order valence-corrected chi connectivity index (χ4v) is 4.13. The van der Waals surface area contributed by atoms with Crippen LogP contribution in [0.25, 0.3) is 4.96 Å². The highest BCUT2D eigenvalue weighted by molar-refractivity contribution is 7.16. The van der Waals surface area contributed by atoms with E-state index in [1.54, 1.807) is 4.52 Å². The maximum Gasteiger partial charge on any atom is 0.319 e. The summed E-state index contributed by atoms with van der Waals surface area (Å²) >= 11 is 1.46. The lowest BCUT2D eigenvalue weighted by Crippen LogP contribution is -2.37. The fraction of sp³-hybridized carbons (Fsp3) is 0.714. The van der Waals surface area contributed by atoms with Crippen LogP contribution in [-0.2, 0) is 14.9 Å². The van der Waals surface area contributed by atoms with Gasteiger partial charge in [-0.3, -0.25) is 4.79 Å². The number of aromatic nitrogens is 4. The number of ether oxygens (including phenoxy) is 1. The predicted octanol–water partition coefficient (Wildman–Crippen LogP) is 2.65. The molecule has 6 nitrogen and oxygen atoms in total. The minimum atomic E-state index is -0.593. The second kappa shape index (κ2) is 5.71. The topological polar surface area (TPSA) is 69.4 Å². The van der Waals surface area contributed by atoms with Crippen LogP contribution < -0.4 is 0 Å². The molecule has 1 aliphatic carbocycles. The molecule has 0 radical (unpaired) electrons. The van der Waals surface area contributed by atoms with Crippen LogP contribution in [0, 0.1) is 6.92 Å². The van der Waals surface area contributed by atoms with Crippen molar-refractivity contribution in [3.8, 4) is 0 Å². The summed E-state index contributed by atoms with van der Waals surface area (Å²) in [5.41, 5.74) is -0.593. The Balaban J connectivity index is 2.06. The van der Waals surface area contributed by atoms with E-state index in [0.717, 1.165) is 41.5 Å². The van der Waals surface area contributed by atoms with Gasteiger partial charge in [0, 0.05) is 0 Å². The standard InChI is InChI=1S/C14H20N4O2S/c1-3-20-12(19)14(8-6-4-5-7-9-14)11-17-18-10(2)15-16-13(18)21-11/h3-9H2,1-2H3. The van der Waals surface area contributed by atoms with Crippen molar-refractivity contribution in [1.29, 1.82) is 0 Å². The van der Waals surface area contributed by atoms with Crippen LogP contribution in [0.5, 0.6) is 0 Å². The fourth-order valence-electron chi connectivity index (χ4n) is 3.01. The van der Waals surface area contributed by atoms with E-state index in [0.29, 0.717) is 6.61 Å². The van der Waals surface area contributed by atoms with Crippen LogP contribution in [-0.4, -0.2) is 32.4 Å². The van der Waals surface area contributed by atoms with Gasteiger partial charge in [-0.2, -0.15) is 9.61 Å². The number of carbonyl (C=O) groups excluding carboxylic acids is 1. The van der Waals surface area contributed by atoms with Gasteiger partial charge in [-0.25, -0.2) is 0 Å². The second-order valence-corrected chi connectivity index (χ2v) is 6.52. The number of hydrogen-bond donors (Lipinski definition) is 0. The van der Waals surface area contributed by atoms with E-state index < -0.39 is 5.41 Å². The molecule has 1 fully saturated rings. The first-order valence-electron chi connectivity index (χ1n) is 7.54. The molecule has 0 spiro atoms. The van der Waals surface area contributed by atoms with E-state index in [-0.39, 0.29) is 5.97 Å². The molecule has 2 heterocycles. The highest BCUT2D eigenvalue weighted by atomic mass is 32.1. The van der Waals surface area contributed by atoms with E-state index in [1.807, 2.05) is 13.8 Å². The van der Waals surface area contributed by atoms with Gasteiger partial charge in [-0.05, 0) is 26.7 Å². The first-order valence-corrected chi connectivity index (χ1v) is 8.35. The summed E-state index contributed by atoms with van der Waals surface area (Å²) in [6.45, 7) is 4.13. The molecule has 3 rings (SSSR count). The van der Waals surface area contributed by atoms with Crippen molar-refractivity contribution < 1.29 is 9.53 Å². The molecule has 0 aliphatic heterocycles. The molecule has 21 heavy (non-hydrogen) atoms. The Kier molecular flexibility index (Phi) is 3.93. The zero-order valence-corrected chi connectivity index (χ0v) is 13.3. The van der Waals surface area contributed by atoms with Crippen molar-refractivity contribution in [3.63, 3.8) is 0 Å². The summed E-state index contributed by atoms with van der Waals surface area (Å²) in [6, 6.07) is 0. The maximum absolute atomic E-state index is 12.7. The number of aryl methyl sites for hydroxylation is 1. The van der Waals surface area contributed by atoms with Crippen molar-refractivity contribution in [3.05, 3.63) is 10.8 Å². The van der Waals surface area contributed by atoms with Gasteiger partial charge >= 0.3 is 5.97 Å². The molecule has 1 saturated carbocycles. The highest BCUT2D eigenvalue weighted by Gasteiger charge is 2.45. The Morgan fingerprint density at radius 1 is 1.29 bits per heavy atom. The van der Waals surface area contributed by atoms with Gasteiger partial charge in [0.1, 0.15) is 10.4 Å². The minimum absolute atomic E-state index is 0.130. The van der Waals surface area contributed by atoms with Crippen LogP contribution in [0.2, 0.25) is 0 Å². The molecule has 0 atom stereocenters. The summed E-state index contributed by atoms with van der Waals surface area (Å²) in [5, 5.41) is 13.6. The van der Waals surface area contributed by atoms with Gasteiger partial charge in [0.25, 0.3) is 0 Å². The highest BCUT2D eigenvalue weighted by Crippen LogP contribution is 2.41. The van der Waals surface area contributed by atoms with E-state index in [4.69, 9.17) is 4.74 Å². The molecule has 0 amide bonds. The number of nitrogens with zero attached hydrogens (tertiary/aromatic N) is 4. The first-order chi connectivity index (χ1) is 10.2. The number of esters is 1. The van der Waals surface area contributed by atoms with Crippen molar-refractivity contribution in [2.75, 3.05) is 6.61 Å². The number of fused-ring (bicyclic) bond motifs is 1. The Labute approximate surface area is 127 Å². The molecular weight excluding hydrogens is 288 g/mol. The molecule has 0 bridgehead atoms. The van der Waals surface area contributed by atoms with Gasteiger partial charge in [-0.15, -0.1) is 10.2 Å². The van der Waals surface area contributed by atoms with Crippen LogP contribution in [0.15, 0.2) is 0 Å². The van der Waals surface area contributed by atoms with Crippen molar-refractivity contribution >= 4 is 22.3 Å². The molecule has 0 N–H and O–H groups in total. The van der Waals surface area contributed by atoms with Crippen LogP contribution in [0.4, 0.5) is 0 Å². The Hall–Kier alpha value is -1.50. The van der Waals surface area contributed by atoms with E-state index in [2.05, 4.69) is 15.3 Å². The summed E-state index contributed by atoms with van der Waals surface area (Å²) in [6.07, 6.45) is 6.05. The van der Waals surface area contributed by atoms with Crippen LogP contribution in [0.1, 0.15) is 56.3 Å². The van der Waals surface area contributed by atoms with E-state index >= 15 is 0 Å². The maximum atomic E-state index is 12.7. The molecule has 114 valence electrons. The number of rotatable bonds is 3. The average molecular weight is 308 g/mol. The third-order valence-corrected chi connectivity index (χ3v) is 5.28. The van der Waals surface area contributed by atoms with Crippen molar-refractivity contribution in [2.45, 2.75) is 57.8 Å². The SMILES string of the molecule is CCOC(=O)C1(c2nn3c(C)nnc3s2)CCCCCC1. The predicted molar refractivity (Wildman–Crippen MR) is 79.4 cm³/mol. The van der Waals surface area contributed by atoms with E-state index in [1.165, 1.54) is 24.2 Å². The number of carbonyl (C=O) groups is 1. The quantitative estimate of drug-likeness (QED) is 0.644. The third-order valence-electron chi connectivity index (χ3n) is 4.18. The molecule has 0 aromatic carbocycles. The van der Waals surface area contributed by atoms with Crippen LogP contribution in [0.3, 0.4) is 0 Å². The molecular formula is C14H20N4O2S. The van der Waals surface area contributed by atoms with Crippen LogP contribution >= 0.6 is 11.3 Å². The monoisotopic (exact) mass is 308 g/mol. The Morgan fingerprint density at radius 2 is 2.00 bits per heavy atom. The van der Waals surface area contributed by atoms with Crippen molar-refractivity contribution in [2.24, 2.45) is 0 Å². The molecule has 7 heteroatoms. The van der Waals surface area contributed by atoms with E-state index in [9.17, 15) is 4.79 Å². The summed E-state index contributed by atoms with van der Waals surface area (Å²) in [7, 11) is 0. The molecule has 2 aromatic rings. The lowest BCUT2D eigenvalue weighted by Gasteiger charge is -2.27. The second-order valence-electron chi connectivity index (χ2n) is 5.57.